The molecule has 2 aromatic carbocycles. The Bertz CT molecular complexity index is 1130. The van der Waals surface area contributed by atoms with Crippen LogP contribution in [0.4, 0.5) is 5.69 Å². The zero-order valence-corrected chi connectivity index (χ0v) is 19.7. The third-order valence-electron chi connectivity index (χ3n) is 5.47. The van der Waals surface area contributed by atoms with Gasteiger partial charge in [0.05, 0.1) is 21.2 Å². The second-order valence-electron chi connectivity index (χ2n) is 7.54. The zero-order chi connectivity index (χ0) is 22.7. The third kappa shape index (κ3) is 4.80. The first-order chi connectivity index (χ1) is 15.4. The Kier molecular flexibility index (Phi) is 7.09. The second-order valence-corrected chi connectivity index (χ2v) is 11.0. The Labute approximate surface area is 196 Å². The van der Waals surface area contributed by atoms with Crippen molar-refractivity contribution < 1.29 is 22.7 Å². The number of esters is 1. The summed E-state index contributed by atoms with van der Waals surface area (Å²) in [6.45, 7) is 0.962. The minimum absolute atomic E-state index is 0.0101. The number of anilines is 1. The molecule has 7 nitrogen and oxygen atoms in total. The molecular formula is C22H23ClN2O5S2. The van der Waals surface area contributed by atoms with Crippen molar-refractivity contribution in [3.63, 3.8) is 0 Å². The summed E-state index contributed by atoms with van der Waals surface area (Å²) in [6, 6.07) is 11.5. The van der Waals surface area contributed by atoms with Gasteiger partial charge in [-0.3, -0.25) is 4.79 Å². The summed E-state index contributed by atoms with van der Waals surface area (Å²) in [5.74, 6) is -0.433. The van der Waals surface area contributed by atoms with Gasteiger partial charge in [-0.25, -0.2) is 13.2 Å². The summed E-state index contributed by atoms with van der Waals surface area (Å²) in [7, 11) is -3.73. The van der Waals surface area contributed by atoms with E-state index in [1.165, 1.54) is 22.5 Å². The summed E-state index contributed by atoms with van der Waals surface area (Å²) in [6.07, 6.45) is 2.61. The Hall–Kier alpha value is -2.07. The van der Waals surface area contributed by atoms with E-state index in [1.54, 1.807) is 16.7 Å². The second kappa shape index (κ2) is 9.82. The molecule has 0 aliphatic carbocycles. The molecule has 0 N–H and O–H groups in total. The van der Waals surface area contributed by atoms with Gasteiger partial charge in [0, 0.05) is 30.3 Å². The molecule has 4 rings (SSSR count). The van der Waals surface area contributed by atoms with Crippen molar-refractivity contribution in [2.75, 3.05) is 36.9 Å². The van der Waals surface area contributed by atoms with Gasteiger partial charge in [0.2, 0.25) is 10.0 Å². The van der Waals surface area contributed by atoms with Crippen molar-refractivity contribution in [1.29, 1.82) is 0 Å². The van der Waals surface area contributed by atoms with E-state index in [4.69, 9.17) is 16.3 Å². The smallest absolute Gasteiger partial charge is 0.340 e. The van der Waals surface area contributed by atoms with Crippen LogP contribution in [0.5, 0.6) is 0 Å². The Morgan fingerprint density at radius 1 is 1.03 bits per heavy atom. The van der Waals surface area contributed by atoms with Gasteiger partial charge in [0.15, 0.2) is 6.61 Å². The number of rotatable bonds is 5. The Balaban J connectivity index is 1.47. The van der Waals surface area contributed by atoms with Crippen LogP contribution in [0.25, 0.3) is 0 Å². The van der Waals surface area contributed by atoms with Crippen molar-refractivity contribution in [2.24, 2.45) is 0 Å². The molecule has 0 spiro atoms. The van der Waals surface area contributed by atoms with Crippen LogP contribution in [0.3, 0.4) is 0 Å². The predicted molar refractivity (Wildman–Crippen MR) is 124 cm³/mol. The van der Waals surface area contributed by atoms with E-state index >= 15 is 0 Å². The number of fused-ring (bicyclic) bond motifs is 1. The van der Waals surface area contributed by atoms with Crippen LogP contribution in [0.1, 0.15) is 29.6 Å². The third-order valence-corrected chi connectivity index (χ3v) is 8.73. The van der Waals surface area contributed by atoms with Gasteiger partial charge in [-0.15, -0.1) is 11.8 Å². The van der Waals surface area contributed by atoms with Crippen LogP contribution in [-0.4, -0.2) is 56.6 Å². The van der Waals surface area contributed by atoms with Gasteiger partial charge < -0.3 is 9.64 Å². The molecule has 10 heteroatoms. The van der Waals surface area contributed by atoms with Crippen molar-refractivity contribution in [2.45, 2.75) is 29.1 Å². The fraction of sp³-hybridized carbons (Fsp3) is 0.364. The van der Waals surface area contributed by atoms with Gasteiger partial charge in [-0.1, -0.05) is 30.2 Å². The Morgan fingerprint density at radius 2 is 1.78 bits per heavy atom. The molecule has 0 bridgehead atoms. The lowest BCUT2D eigenvalue weighted by atomic mass is 10.2. The topological polar surface area (TPSA) is 84.0 Å². The van der Waals surface area contributed by atoms with Gasteiger partial charge in [0.25, 0.3) is 5.91 Å². The van der Waals surface area contributed by atoms with Crippen molar-refractivity contribution in [3.05, 3.63) is 53.1 Å². The number of halogens is 1. The first kappa shape index (κ1) is 23.1. The van der Waals surface area contributed by atoms with Gasteiger partial charge in [0.1, 0.15) is 0 Å². The lowest BCUT2D eigenvalue weighted by molar-refractivity contribution is -0.121. The van der Waals surface area contributed by atoms with E-state index in [9.17, 15) is 18.0 Å². The first-order valence-electron chi connectivity index (χ1n) is 10.4. The lowest BCUT2D eigenvalue weighted by Gasteiger charge is -2.28. The van der Waals surface area contributed by atoms with Crippen molar-refractivity contribution in [1.82, 2.24) is 4.31 Å². The molecular weight excluding hydrogens is 472 g/mol. The zero-order valence-electron chi connectivity index (χ0n) is 17.3. The number of carbonyl (C=O) groups excluding carboxylic acids is 2. The average Bonchev–Trinajstić information content (AvgIpc) is 2.82. The van der Waals surface area contributed by atoms with Crippen LogP contribution < -0.4 is 4.90 Å². The summed E-state index contributed by atoms with van der Waals surface area (Å²) >= 11 is 7.82. The summed E-state index contributed by atoms with van der Waals surface area (Å²) in [4.78, 5) is 28.0. The number of ether oxygens (including phenoxy) is 1. The molecule has 0 atom stereocenters. The van der Waals surface area contributed by atoms with E-state index in [0.717, 1.165) is 35.6 Å². The molecule has 2 aliphatic rings. The number of amides is 1. The molecule has 0 radical (unpaired) electrons. The number of hydrogen-bond donors (Lipinski definition) is 0. The maximum absolute atomic E-state index is 12.9. The van der Waals surface area contributed by atoms with Gasteiger partial charge in [-0.05, 0) is 43.2 Å². The highest BCUT2D eigenvalue weighted by atomic mass is 35.5. The van der Waals surface area contributed by atoms with E-state index in [1.807, 2.05) is 24.3 Å². The van der Waals surface area contributed by atoms with Crippen molar-refractivity contribution in [3.8, 4) is 0 Å². The number of piperidine rings is 1. The summed E-state index contributed by atoms with van der Waals surface area (Å²) in [5, 5.41) is 0.0692. The van der Waals surface area contributed by atoms with E-state index in [2.05, 4.69) is 0 Å². The number of nitrogens with zero attached hydrogens (tertiary/aromatic N) is 2. The normalized spacial score (nSPS) is 17.0. The highest BCUT2D eigenvalue weighted by Gasteiger charge is 2.28. The minimum Gasteiger partial charge on any atom is -0.452 e. The summed E-state index contributed by atoms with van der Waals surface area (Å²) < 4.78 is 32.5. The van der Waals surface area contributed by atoms with Gasteiger partial charge in [-0.2, -0.15) is 4.31 Å². The van der Waals surface area contributed by atoms with Crippen LogP contribution in [0.15, 0.2) is 52.3 Å². The fourth-order valence-corrected chi connectivity index (χ4v) is 6.52. The number of sulfonamides is 1. The molecule has 0 aromatic heterocycles. The number of hydrogen-bond acceptors (Lipinski definition) is 6. The van der Waals surface area contributed by atoms with Crippen LogP contribution in [0.2, 0.25) is 5.02 Å². The minimum atomic E-state index is -3.73. The molecule has 1 amide bonds. The molecule has 0 unspecified atom stereocenters. The Morgan fingerprint density at radius 3 is 2.56 bits per heavy atom. The number of para-hydroxylation sites is 1. The molecule has 170 valence electrons. The maximum Gasteiger partial charge on any atom is 0.340 e. The molecule has 32 heavy (non-hydrogen) atoms. The number of benzene rings is 2. The van der Waals surface area contributed by atoms with Crippen LogP contribution >= 0.6 is 23.4 Å². The van der Waals surface area contributed by atoms with Crippen molar-refractivity contribution >= 4 is 50.9 Å². The maximum atomic E-state index is 12.9. The average molecular weight is 495 g/mol. The standard InChI is InChI=1S/C22H23ClN2O5S2/c23-18-9-8-16(32(28,29)24-10-4-1-5-11-24)14-17(18)22(27)30-15-21(26)25-12-13-31-20-7-3-2-6-19(20)25/h2-3,6-9,14H,1,4-5,10-13,15H2. The summed E-state index contributed by atoms with van der Waals surface area (Å²) in [5.41, 5.74) is 0.713. The molecule has 0 saturated carbocycles. The quantitative estimate of drug-likeness (QED) is 0.588. The van der Waals surface area contributed by atoms with Crippen LogP contribution in [0, 0.1) is 0 Å². The monoisotopic (exact) mass is 494 g/mol. The highest BCUT2D eigenvalue weighted by molar-refractivity contribution is 7.99. The van der Waals surface area contributed by atoms with Gasteiger partial charge >= 0.3 is 5.97 Å². The number of carbonyl (C=O) groups is 2. The first-order valence-corrected chi connectivity index (χ1v) is 13.2. The fourth-order valence-electron chi connectivity index (χ4n) is 3.79. The van der Waals surface area contributed by atoms with E-state index < -0.39 is 22.6 Å². The molecule has 2 heterocycles. The molecule has 2 aliphatic heterocycles. The predicted octanol–water partition coefficient (Wildman–Crippen LogP) is 3.81. The number of thioether (sulfide) groups is 1. The SMILES string of the molecule is O=C(OCC(=O)N1CCSc2ccccc21)c1cc(S(=O)(=O)N2CCCCC2)ccc1Cl. The van der Waals surface area contributed by atoms with E-state index in [-0.39, 0.29) is 21.4 Å². The highest BCUT2D eigenvalue weighted by Crippen LogP contribution is 2.34. The molecule has 1 saturated heterocycles. The lowest BCUT2D eigenvalue weighted by Crippen LogP contribution is -2.38. The molecule has 2 aromatic rings. The van der Waals surface area contributed by atoms with Crippen LogP contribution in [-0.2, 0) is 19.6 Å². The largest absolute Gasteiger partial charge is 0.452 e. The van der Waals surface area contributed by atoms with E-state index in [0.29, 0.717) is 19.6 Å². The molecule has 1 fully saturated rings.